The Balaban J connectivity index is 2.22. The molecule has 0 aliphatic rings. The highest BCUT2D eigenvalue weighted by Crippen LogP contribution is 2.20. The molecule has 1 aromatic heterocycles. The van der Waals surface area contributed by atoms with E-state index in [1.54, 1.807) is 0 Å². The number of hydrogen-bond donors (Lipinski definition) is 1. The number of aromatic nitrogens is 2. The molecule has 0 bridgehead atoms. The van der Waals surface area contributed by atoms with Crippen LogP contribution in [0.5, 0.6) is 0 Å². The van der Waals surface area contributed by atoms with Gasteiger partial charge in [0, 0.05) is 18.5 Å². The van der Waals surface area contributed by atoms with Crippen LogP contribution in [0.25, 0.3) is 10.9 Å². The van der Waals surface area contributed by atoms with Gasteiger partial charge in [-0.2, -0.15) is 5.10 Å². The summed E-state index contributed by atoms with van der Waals surface area (Å²) in [6, 6.07) is 8.51. The van der Waals surface area contributed by atoms with Gasteiger partial charge in [0.05, 0.1) is 11.2 Å². The first-order chi connectivity index (χ1) is 9.80. The van der Waals surface area contributed by atoms with Crippen LogP contribution in [-0.2, 0) is 13.1 Å². The van der Waals surface area contributed by atoms with Crippen LogP contribution in [0.2, 0.25) is 0 Å². The second-order valence-corrected chi connectivity index (χ2v) is 5.20. The summed E-state index contributed by atoms with van der Waals surface area (Å²) in [7, 11) is 0. The Labute approximate surface area is 121 Å². The van der Waals surface area contributed by atoms with Gasteiger partial charge in [0.1, 0.15) is 0 Å². The molecule has 1 heterocycles. The quantitative estimate of drug-likeness (QED) is 0.805. The Morgan fingerprint density at radius 2 is 2.00 bits per heavy atom. The van der Waals surface area contributed by atoms with E-state index in [1.807, 2.05) is 0 Å². The van der Waals surface area contributed by atoms with Crippen molar-refractivity contribution in [2.24, 2.45) is 5.73 Å². The zero-order chi connectivity index (χ0) is 14.4. The van der Waals surface area contributed by atoms with Gasteiger partial charge in [0.25, 0.3) is 0 Å². The number of fused-ring (bicyclic) bond motifs is 1. The Hall–Kier alpha value is -1.39. The number of rotatable bonds is 8. The molecule has 0 aliphatic heterocycles. The number of para-hydroxylation sites is 1. The van der Waals surface area contributed by atoms with Crippen LogP contribution in [0.1, 0.15) is 32.4 Å². The Bertz CT molecular complexity index is 532. The summed E-state index contributed by atoms with van der Waals surface area (Å²) in [5.41, 5.74) is 8.06. The maximum Gasteiger partial charge on any atom is 0.0843 e. The maximum atomic E-state index is 5.64. The highest BCUT2D eigenvalue weighted by molar-refractivity contribution is 5.81. The summed E-state index contributed by atoms with van der Waals surface area (Å²) < 4.78 is 2.09. The molecule has 0 aliphatic carbocycles. The molecule has 0 spiro atoms. The van der Waals surface area contributed by atoms with Crippen molar-refractivity contribution in [3.63, 3.8) is 0 Å². The zero-order valence-corrected chi connectivity index (χ0v) is 12.7. The van der Waals surface area contributed by atoms with Gasteiger partial charge in [-0.15, -0.1) is 0 Å². The third-order valence-corrected chi connectivity index (χ3v) is 3.63. The molecule has 0 radical (unpaired) electrons. The molecule has 110 valence electrons. The van der Waals surface area contributed by atoms with E-state index in [0.717, 1.165) is 45.6 Å². The van der Waals surface area contributed by atoms with Gasteiger partial charge in [-0.3, -0.25) is 9.58 Å². The second-order valence-electron chi connectivity index (χ2n) is 5.20. The molecule has 0 fully saturated rings. The average molecular weight is 274 g/mol. The molecule has 2 N–H and O–H groups in total. The lowest BCUT2D eigenvalue weighted by Gasteiger charge is -2.20. The molecule has 1 aromatic carbocycles. The van der Waals surface area contributed by atoms with Crippen LogP contribution >= 0.6 is 0 Å². The zero-order valence-electron chi connectivity index (χ0n) is 12.7. The summed E-state index contributed by atoms with van der Waals surface area (Å²) in [5.74, 6) is 0. The number of benzene rings is 1. The van der Waals surface area contributed by atoms with Crippen LogP contribution in [0.4, 0.5) is 0 Å². The van der Waals surface area contributed by atoms with E-state index in [2.05, 4.69) is 47.7 Å². The fourth-order valence-corrected chi connectivity index (χ4v) is 2.67. The van der Waals surface area contributed by atoms with Gasteiger partial charge in [-0.25, -0.2) is 0 Å². The first kappa shape index (κ1) is 15.0. The minimum atomic E-state index is 0.754. The van der Waals surface area contributed by atoms with Crippen LogP contribution < -0.4 is 5.73 Å². The summed E-state index contributed by atoms with van der Waals surface area (Å²) in [4.78, 5) is 2.46. The van der Waals surface area contributed by atoms with Crippen LogP contribution in [0.3, 0.4) is 0 Å². The van der Waals surface area contributed by atoms with Crippen LogP contribution in [0, 0.1) is 0 Å². The second kappa shape index (κ2) is 7.41. The first-order valence-corrected chi connectivity index (χ1v) is 7.67. The van der Waals surface area contributed by atoms with Gasteiger partial charge in [-0.1, -0.05) is 25.1 Å². The van der Waals surface area contributed by atoms with E-state index in [4.69, 9.17) is 10.8 Å². The van der Waals surface area contributed by atoms with E-state index < -0.39 is 0 Å². The highest BCUT2D eigenvalue weighted by Gasteiger charge is 2.12. The average Bonchev–Trinajstić information content (AvgIpc) is 2.83. The minimum Gasteiger partial charge on any atom is -0.330 e. The van der Waals surface area contributed by atoms with E-state index in [0.29, 0.717) is 0 Å². The Morgan fingerprint density at radius 3 is 2.70 bits per heavy atom. The van der Waals surface area contributed by atoms with Crippen molar-refractivity contribution in [2.75, 3.05) is 19.6 Å². The van der Waals surface area contributed by atoms with Gasteiger partial charge < -0.3 is 5.73 Å². The molecule has 2 rings (SSSR count). The van der Waals surface area contributed by atoms with Gasteiger partial charge in [-0.05, 0) is 45.5 Å². The van der Waals surface area contributed by atoms with E-state index in [9.17, 15) is 0 Å². The molecule has 20 heavy (non-hydrogen) atoms. The summed E-state index contributed by atoms with van der Waals surface area (Å²) in [5, 5.41) is 6.06. The standard InChI is InChI=1S/C16H26N4/c1-3-11-19(12-7-10-17)13-15-14-8-5-6-9-16(14)20(4-2)18-15/h5-6,8-9H,3-4,7,10-13,17H2,1-2H3. The number of aryl methyl sites for hydroxylation is 1. The Kier molecular flexibility index (Phi) is 5.56. The van der Waals surface area contributed by atoms with Gasteiger partial charge in [0.15, 0.2) is 0 Å². The SMILES string of the molecule is CCCN(CCCN)Cc1nn(CC)c2ccccc12. The molecule has 0 unspecified atom stereocenters. The van der Waals surface area contributed by atoms with Crippen molar-refractivity contribution in [1.29, 1.82) is 0 Å². The molecule has 4 heteroatoms. The number of hydrogen-bond acceptors (Lipinski definition) is 3. The number of nitrogens with two attached hydrogens (primary N) is 1. The van der Waals surface area contributed by atoms with Crippen molar-refractivity contribution < 1.29 is 0 Å². The van der Waals surface area contributed by atoms with Crippen molar-refractivity contribution in [3.8, 4) is 0 Å². The molecule has 0 saturated carbocycles. The smallest absolute Gasteiger partial charge is 0.0843 e. The van der Waals surface area contributed by atoms with Crippen molar-refractivity contribution in [3.05, 3.63) is 30.0 Å². The molecule has 0 saturated heterocycles. The maximum absolute atomic E-state index is 5.64. The third kappa shape index (κ3) is 3.38. The topological polar surface area (TPSA) is 47.1 Å². The highest BCUT2D eigenvalue weighted by atomic mass is 15.3. The predicted molar refractivity (Wildman–Crippen MR) is 84.6 cm³/mol. The first-order valence-electron chi connectivity index (χ1n) is 7.67. The normalized spacial score (nSPS) is 11.6. The fourth-order valence-electron chi connectivity index (χ4n) is 2.67. The van der Waals surface area contributed by atoms with Gasteiger partial charge in [0.2, 0.25) is 0 Å². The van der Waals surface area contributed by atoms with Crippen molar-refractivity contribution >= 4 is 10.9 Å². The third-order valence-electron chi connectivity index (χ3n) is 3.63. The predicted octanol–water partition coefficient (Wildman–Crippen LogP) is 2.62. The summed E-state index contributed by atoms with van der Waals surface area (Å²) >= 11 is 0. The lowest BCUT2D eigenvalue weighted by molar-refractivity contribution is 0.261. The largest absolute Gasteiger partial charge is 0.330 e. The monoisotopic (exact) mass is 274 g/mol. The van der Waals surface area contributed by atoms with Crippen molar-refractivity contribution in [2.45, 2.75) is 39.8 Å². The van der Waals surface area contributed by atoms with Crippen LogP contribution in [0.15, 0.2) is 24.3 Å². The van der Waals surface area contributed by atoms with Crippen LogP contribution in [-0.4, -0.2) is 34.3 Å². The van der Waals surface area contributed by atoms with Crippen molar-refractivity contribution in [1.82, 2.24) is 14.7 Å². The molecule has 0 amide bonds. The molecule has 0 atom stereocenters. The molecular formula is C16H26N4. The Morgan fingerprint density at radius 1 is 1.20 bits per heavy atom. The van der Waals surface area contributed by atoms with E-state index >= 15 is 0 Å². The minimum absolute atomic E-state index is 0.754. The lowest BCUT2D eigenvalue weighted by atomic mass is 10.2. The van der Waals surface area contributed by atoms with Gasteiger partial charge >= 0.3 is 0 Å². The molecule has 4 nitrogen and oxygen atoms in total. The molecule has 2 aromatic rings. The summed E-state index contributed by atoms with van der Waals surface area (Å²) in [6.07, 6.45) is 2.21. The molecular weight excluding hydrogens is 248 g/mol. The number of nitrogens with zero attached hydrogens (tertiary/aromatic N) is 3. The fraction of sp³-hybridized carbons (Fsp3) is 0.562. The summed E-state index contributed by atoms with van der Waals surface area (Å²) in [6.45, 7) is 9.10. The van der Waals surface area contributed by atoms with E-state index in [1.165, 1.54) is 16.6 Å². The van der Waals surface area contributed by atoms with E-state index in [-0.39, 0.29) is 0 Å². The lowest BCUT2D eigenvalue weighted by Crippen LogP contribution is -2.27.